The van der Waals surface area contributed by atoms with Gasteiger partial charge in [0.25, 0.3) is 5.56 Å². The lowest BCUT2D eigenvalue weighted by molar-refractivity contribution is 0.112. The maximum atomic E-state index is 12.6. The third-order valence-corrected chi connectivity index (χ3v) is 3.99. The van der Waals surface area contributed by atoms with E-state index in [2.05, 4.69) is 11.6 Å². The lowest BCUT2D eigenvalue weighted by atomic mass is 10.2. The van der Waals surface area contributed by atoms with Crippen LogP contribution in [-0.2, 0) is 11.3 Å². The Morgan fingerprint density at radius 2 is 1.88 bits per heavy atom. The number of aromatic nitrogens is 2. The van der Waals surface area contributed by atoms with Crippen molar-refractivity contribution in [3.05, 3.63) is 89.5 Å². The van der Waals surface area contributed by atoms with Crippen molar-refractivity contribution >= 4 is 10.9 Å². The number of para-hydroxylation sites is 1. The van der Waals surface area contributed by atoms with Crippen LogP contribution in [0.5, 0.6) is 0 Å². The first-order valence-corrected chi connectivity index (χ1v) is 7.99. The van der Waals surface area contributed by atoms with E-state index in [9.17, 15) is 4.79 Å². The molecule has 0 amide bonds. The molecule has 3 aromatic rings. The van der Waals surface area contributed by atoms with E-state index >= 15 is 0 Å². The first-order chi connectivity index (χ1) is 11.8. The predicted octanol–water partition coefficient (Wildman–Crippen LogP) is 3.73. The van der Waals surface area contributed by atoms with Gasteiger partial charge in [0, 0.05) is 6.61 Å². The Balaban J connectivity index is 1.67. The molecule has 0 spiro atoms. The Kier molecular flexibility index (Phi) is 5.18. The quantitative estimate of drug-likeness (QED) is 0.492. The number of ether oxygens (including phenoxy) is 1. The topological polar surface area (TPSA) is 44.1 Å². The van der Waals surface area contributed by atoms with Crippen molar-refractivity contribution in [1.29, 1.82) is 0 Å². The molecular weight excluding hydrogens is 300 g/mol. The van der Waals surface area contributed by atoms with E-state index in [4.69, 9.17) is 4.74 Å². The average Bonchev–Trinajstić information content (AvgIpc) is 2.64. The van der Waals surface area contributed by atoms with Crippen LogP contribution in [0.25, 0.3) is 10.9 Å². The first-order valence-electron chi connectivity index (χ1n) is 7.99. The first kappa shape index (κ1) is 16.1. The molecule has 0 fully saturated rings. The third-order valence-electron chi connectivity index (χ3n) is 3.99. The van der Waals surface area contributed by atoms with E-state index in [1.54, 1.807) is 23.0 Å². The lowest BCUT2D eigenvalue weighted by Gasteiger charge is -2.16. The summed E-state index contributed by atoms with van der Waals surface area (Å²) in [5, 5.41) is 0.622. The van der Waals surface area contributed by atoms with E-state index < -0.39 is 0 Å². The molecule has 3 rings (SSSR count). The summed E-state index contributed by atoms with van der Waals surface area (Å²) in [7, 11) is 0. The van der Waals surface area contributed by atoms with Gasteiger partial charge in [-0.2, -0.15) is 0 Å². The fourth-order valence-electron chi connectivity index (χ4n) is 2.66. The van der Waals surface area contributed by atoms with Crippen LogP contribution >= 0.6 is 0 Å². The van der Waals surface area contributed by atoms with Crippen molar-refractivity contribution in [3.63, 3.8) is 0 Å². The van der Waals surface area contributed by atoms with Crippen LogP contribution in [0, 0.1) is 0 Å². The fourth-order valence-corrected chi connectivity index (χ4v) is 2.66. The van der Waals surface area contributed by atoms with Gasteiger partial charge in [-0.05, 0) is 24.1 Å². The molecule has 0 bridgehead atoms. The summed E-state index contributed by atoms with van der Waals surface area (Å²) >= 11 is 0. The molecule has 0 saturated heterocycles. The minimum Gasteiger partial charge on any atom is -0.377 e. The van der Waals surface area contributed by atoms with Crippen molar-refractivity contribution in [2.24, 2.45) is 0 Å². The van der Waals surface area contributed by atoms with E-state index in [0.29, 0.717) is 30.5 Å². The van der Waals surface area contributed by atoms with Crippen molar-refractivity contribution in [3.8, 4) is 0 Å². The van der Waals surface area contributed by atoms with E-state index in [0.717, 1.165) is 5.56 Å². The molecule has 0 aliphatic heterocycles. The molecule has 0 radical (unpaired) electrons. The highest BCUT2D eigenvalue weighted by molar-refractivity contribution is 5.76. The van der Waals surface area contributed by atoms with Crippen LogP contribution in [0.4, 0.5) is 0 Å². The second-order valence-electron chi connectivity index (χ2n) is 5.60. The number of benzene rings is 2. The van der Waals surface area contributed by atoms with Crippen LogP contribution < -0.4 is 5.56 Å². The van der Waals surface area contributed by atoms with Gasteiger partial charge < -0.3 is 4.74 Å². The monoisotopic (exact) mass is 320 g/mol. The van der Waals surface area contributed by atoms with E-state index in [1.807, 2.05) is 48.5 Å². The van der Waals surface area contributed by atoms with Crippen molar-refractivity contribution < 1.29 is 4.74 Å². The van der Waals surface area contributed by atoms with Gasteiger partial charge in [0.05, 0.1) is 29.9 Å². The molecule has 1 heterocycles. The molecular formula is C20H20N2O2. The predicted molar refractivity (Wildman–Crippen MR) is 96.0 cm³/mol. The molecule has 0 aliphatic rings. The Hall–Kier alpha value is -2.72. The number of fused-ring (bicyclic) bond motifs is 1. The van der Waals surface area contributed by atoms with E-state index in [1.165, 1.54) is 0 Å². The van der Waals surface area contributed by atoms with Gasteiger partial charge in [-0.15, -0.1) is 6.58 Å². The highest BCUT2D eigenvalue weighted by Gasteiger charge is 2.11. The fraction of sp³-hybridized carbons (Fsp3) is 0.200. The third kappa shape index (κ3) is 3.60. The summed E-state index contributed by atoms with van der Waals surface area (Å²) in [6.07, 6.45) is 4.04. The maximum absolute atomic E-state index is 12.6. The summed E-state index contributed by atoms with van der Waals surface area (Å²) in [6.45, 7) is 4.96. The van der Waals surface area contributed by atoms with E-state index in [-0.39, 0.29) is 11.6 Å². The lowest BCUT2D eigenvalue weighted by Crippen LogP contribution is -2.25. The van der Waals surface area contributed by atoms with Gasteiger partial charge in [0.1, 0.15) is 0 Å². The highest BCUT2D eigenvalue weighted by Crippen LogP contribution is 2.13. The molecule has 0 saturated carbocycles. The van der Waals surface area contributed by atoms with Crippen molar-refractivity contribution in [2.45, 2.75) is 19.1 Å². The zero-order valence-corrected chi connectivity index (χ0v) is 13.5. The molecule has 24 heavy (non-hydrogen) atoms. The van der Waals surface area contributed by atoms with Crippen LogP contribution in [0.15, 0.2) is 78.4 Å². The summed E-state index contributed by atoms with van der Waals surface area (Å²) in [5.41, 5.74) is 1.80. The SMILES string of the molecule is C=C[C@@H](CCOCc1ccccc1)n1cnc2ccccc2c1=O. The normalized spacial score (nSPS) is 12.2. The standard InChI is InChI=1S/C20H20N2O2/c1-2-17(12-13-24-14-16-8-4-3-5-9-16)22-15-21-19-11-7-6-10-18(19)20(22)23/h2-11,15,17H,1,12-14H2/t17-/m0/s1. The van der Waals surface area contributed by atoms with Gasteiger partial charge >= 0.3 is 0 Å². The van der Waals surface area contributed by atoms with Gasteiger partial charge in [0.15, 0.2) is 0 Å². The highest BCUT2D eigenvalue weighted by atomic mass is 16.5. The number of nitrogens with zero attached hydrogens (tertiary/aromatic N) is 2. The zero-order chi connectivity index (χ0) is 16.8. The Morgan fingerprint density at radius 1 is 1.12 bits per heavy atom. The van der Waals surface area contributed by atoms with Crippen LogP contribution in [0.2, 0.25) is 0 Å². The minimum absolute atomic E-state index is 0.0476. The molecule has 0 aliphatic carbocycles. The Labute approximate surface area is 141 Å². The summed E-state index contributed by atoms with van der Waals surface area (Å²) in [4.78, 5) is 17.0. The number of allylic oxidation sites excluding steroid dienone is 1. The molecule has 1 aromatic heterocycles. The molecule has 0 N–H and O–H groups in total. The number of hydrogen-bond acceptors (Lipinski definition) is 3. The molecule has 122 valence electrons. The Bertz CT molecular complexity index is 871. The Morgan fingerprint density at radius 3 is 2.67 bits per heavy atom. The zero-order valence-electron chi connectivity index (χ0n) is 13.5. The molecule has 4 nitrogen and oxygen atoms in total. The summed E-state index contributed by atoms with van der Waals surface area (Å²) in [6, 6.07) is 17.3. The molecule has 2 aromatic carbocycles. The second kappa shape index (κ2) is 7.70. The van der Waals surface area contributed by atoms with Crippen molar-refractivity contribution in [2.75, 3.05) is 6.61 Å². The largest absolute Gasteiger partial charge is 0.377 e. The maximum Gasteiger partial charge on any atom is 0.261 e. The van der Waals surface area contributed by atoms with Crippen LogP contribution in [0.3, 0.4) is 0 Å². The molecule has 0 unspecified atom stereocenters. The van der Waals surface area contributed by atoms with Crippen molar-refractivity contribution in [1.82, 2.24) is 9.55 Å². The second-order valence-corrected chi connectivity index (χ2v) is 5.60. The van der Waals surface area contributed by atoms with Crippen LogP contribution in [-0.4, -0.2) is 16.2 Å². The number of rotatable bonds is 7. The average molecular weight is 320 g/mol. The molecule has 1 atom stereocenters. The smallest absolute Gasteiger partial charge is 0.261 e. The van der Waals surface area contributed by atoms with Gasteiger partial charge in [-0.25, -0.2) is 4.98 Å². The van der Waals surface area contributed by atoms with Gasteiger partial charge in [-0.3, -0.25) is 9.36 Å². The van der Waals surface area contributed by atoms with Crippen LogP contribution in [0.1, 0.15) is 18.0 Å². The molecule has 4 heteroatoms. The summed E-state index contributed by atoms with van der Waals surface area (Å²) in [5.74, 6) is 0. The minimum atomic E-state index is -0.134. The number of hydrogen-bond donors (Lipinski definition) is 0. The van der Waals surface area contributed by atoms with Gasteiger partial charge in [0.2, 0.25) is 0 Å². The van der Waals surface area contributed by atoms with Gasteiger partial charge in [-0.1, -0.05) is 48.5 Å². The summed E-state index contributed by atoms with van der Waals surface area (Å²) < 4.78 is 7.34.